The summed E-state index contributed by atoms with van der Waals surface area (Å²) in [7, 11) is 0.655. The van der Waals surface area contributed by atoms with Gasteiger partial charge in [0.1, 0.15) is 0 Å². The number of esters is 1. The topological polar surface area (TPSA) is 35.5 Å². The first-order valence-electron chi connectivity index (χ1n) is 7.35. The number of rotatable bonds is 12. The van der Waals surface area contributed by atoms with E-state index in [1.165, 1.54) is 45.6 Å². The average molecular weight is 274 g/mol. The summed E-state index contributed by atoms with van der Waals surface area (Å²) in [5, 5.41) is 0. The van der Waals surface area contributed by atoms with Crippen LogP contribution in [0.3, 0.4) is 0 Å². The van der Waals surface area contributed by atoms with Gasteiger partial charge < -0.3 is 9.16 Å². The molecule has 0 rings (SSSR count). The van der Waals surface area contributed by atoms with Crippen molar-refractivity contribution >= 4 is 15.0 Å². The molecule has 0 radical (unpaired) electrons. The van der Waals surface area contributed by atoms with Gasteiger partial charge in [-0.15, -0.1) is 0 Å². The van der Waals surface area contributed by atoms with Crippen LogP contribution in [0.1, 0.15) is 57.8 Å². The van der Waals surface area contributed by atoms with Gasteiger partial charge in [-0.05, 0) is 25.9 Å². The molecule has 108 valence electrons. The van der Waals surface area contributed by atoms with Gasteiger partial charge in [0, 0.05) is 13.0 Å². The molecular weight excluding hydrogens is 244 g/mol. The van der Waals surface area contributed by atoms with E-state index in [1.54, 1.807) is 0 Å². The molecule has 0 aromatic rings. The molecule has 0 spiro atoms. The normalized spacial score (nSPS) is 10.9. The molecule has 0 aromatic carbocycles. The Balaban J connectivity index is 3.01. The zero-order chi connectivity index (χ0) is 13.6. The van der Waals surface area contributed by atoms with E-state index < -0.39 is 9.04 Å². The third-order valence-corrected chi connectivity index (χ3v) is 3.86. The highest BCUT2D eigenvalue weighted by molar-refractivity contribution is 6.48. The van der Waals surface area contributed by atoms with Gasteiger partial charge in [0.25, 0.3) is 0 Å². The zero-order valence-corrected chi connectivity index (χ0v) is 13.5. The van der Waals surface area contributed by atoms with Crippen LogP contribution in [0.15, 0.2) is 0 Å². The van der Waals surface area contributed by atoms with Crippen LogP contribution in [-0.2, 0) is 14.0 Å². The summed E-state index contributed by atoms with van der Waals surface area (Å²) in [6.45, 7) is 5.39. The highest BCUT2D eigenvalue weighted by Crippen LogP contribution is 2.10. The Bertz CT molecular complexity index is 195. The fraction of sp³-hybridized carbons (Fsp3) is 0.929. The lowest BCUT2D eigenvalue weighted by atomic mass is 10.1. The molecule has 0 fully saturated rings. The molecular formula is C14H30O3Si. The molecule has 4 heteroatoms. The van der Waals surface area contributed by atoms with Crippen molar-refractivity contribution in [2.24, 2.45) is 0 Å². The Morgan fingerprint density at radius 3 is 1.89 bits per heavy atom. The van der Waals surface area contributed by atoms with Crippen LogP contribution in [0.2, 0.25) is 13.1 Å². The van der Waals surface area contributed by atoms with Crippen LogP contribution < -0.4 is 0 Å². The molecule has 0 heterocycles. The monoisotopic (exact) mass is 274 g/mol. The van der Waals surface area contributed by atoms with Crippen LogP contribution in [0.25, 0.3) is 0 Å². The number of carbonyl (C=O) groups is 1. The van der Waals surface area contributed by atoms with Crippen LogP contribution >= 0.6 is 0 Å². The van der Waals surface area contributed by atoms with Crippen molar-refractivity contribution in [1.29, 1.82) is 0 Å². The van der Waals surface area contributed by atoms with Gasteiger partial charge >= 0.3 is 5.97 Å². The highest BCUT2D eigenvalue weighted by Gasteiger charge is 1.99. The van der Waals surface area contributed by atoms with Crippen molar-refractivity contribution in [3.63, 3.8) is 0 Å². The Morgan fingerprint density at radius 2 is 1.39 bits per heavy atom. The van der Waals surface area contributed by atoms with Crippen LogP contribution in [0.4, 0.5) is 0 Å². The summed E-state index contributed by atoms with van der Waals surface area (Å²) < 4.78 is 10.2. The number of ether oxygens (including phenoxy) is 1. The molecule has 0 amide bonds. The Kier molecular flexibility index (Phi) is 12.8. The van der Waals surface area contributed by atoms with Crippen molar-refractivity contribution in [2.75, 3.05) is 13.7 Å². The van der Waals surface area contributed by atoms with E-state index in [2.05, 4.69) is 17.8 Å². The van der Waals surface area contributed by atoms with Crippen molar-refractivity contribution in [1.82, 2.24) is 0 Å². The second kappa shape index (κ2) is 13.1. The Labute approximate surface area is 114 Å². The molecule has 0 atom stereocenters. The van der Waals surface area contributed by atoms with E-state index in [4.69, 9.17) is 4.43 Å². The molecule has 0 aliphatic heterocycles. The van der Waals surface area contributed by atoms with E-state index in [9.17, 15) is 4.79 Å². The molecule has 0 saturated carbocycles. The van der Waals surface area contributed by atoms with Gasteiger partial charge in [-0.3, -0.25) is 4.79 Å². The van der Waals surface area contributed by atoms with Crippen molar-refractivity contribution in [2.45, 2.75) is 70.9 Å². The molecule has 0 aliphatic carbocycles. The minimum absolute atomic E-state index is 0.0799. The fourth-order valence-corrected chi connectivity index (χ4v) is 2.49. The largest absolute Gasteiger partial charge is 0.469 e. The molecule has 0 aliphatic rings. The molecule has 18 heavy (non-hydrogen) atoms. The Morgan fingerprint density at radius 1 is 0.889 bits per heavy atom. The van der Waals surface area contributed by atoms with Crippen molar-refractivity contribution in [3.05, 3.63) is 0 Å². The van der Waals surface area contributed by atoms with Gasteiger partial charge in [-0.2, -0.15) is 0 Å². The molecule has 0 bridgehead atoms. The molecule has 3 nitrogen and oxygen atoms in total. The van der Waals surface area contributed by atoms with Crippen LogP contribution in [0, 0.1) is 0 Å². The smallest absolute Gasteiger partial charge is 0.305 e. The van der Waals surface area contributed by atoms with Crippen LogP contribution in [0.5, 0.6) is 0 Å². The standard InChI is InChI=1S/C14H30O3Si/c1-16-14(15)12-10-8-6-4-5-7-9-11-13-17-18(2)3/h18H,4-13H2,1-3H3. The van der Waals surface area contributed by atoms with E-state index in [1.807, 2.05) is 0 Å². The number of hydrogen-bond donors (Lipinski definition) is 0. The van der Waals surface area contributed by atoms with Gasteiger partial charge in [-0.1, -0.05) is 38.5 Å². The predicted molar refractivity (Wildman–Crippen MR) is 78.4 cm³/mol. The lowest BCUT2D eigenvalue weighted by molar-refractivity contribution is -0.140. The first-order valence-corrected chi connectivity index (χ1v) is 10.1. The number of hydrogen-bond acceptors (Lipinski definition) is 3. The first kappa shape index (κ1) is 17.6. The van der Waals surface area contributed by atoms with Gasteiger partial charge in [0.2, 0.25) is 0 Å². The summed E-state index contributed by atoms with van der Waals surface area (Å²) in [5.41, 5.74) is 0. The molecule has 0 unspecified atom stereocenters. The summed E-state index contributed by atoms with van der Waals surface area (Å²) in [5.74, 6) is -0.0799. The van der Waals surface area contributed by atoms with E-state index >= 15 is 0 Å². The molecule has 0 saturated heterocycles. The maximum atomic E-state index is 10.9. The molecule has 0 N–H and O–H groups in total. The van der Waals surface area contributed by atoms with Gasteiger partial charge in [0.15, 0.2) is 9.04 Å². The number of methoxy groups -OCH3 is 1. The fourth-order valence-electron chi connectivity index (χ4n) is 1.85. The minimum atomic E-state index is -0.798. The minimum Gasteiger partial charge on any atom is -0.469 e. The summed E-state index contributed by atoms with van der Waals surface area (Å²) in [6.07, 6.45) is 10.4. The van der Waals surface area contributed by atoms with Crippen molar-refractivity contribution in [3.8, 4) is 0 Å². The predicted octanol–water partition coefficient (Wildman–Crippen LogP) is 3.67. The number of unbranched alkanes of at least 4 members (excludes halogenated alkanes) is 7. The summed E-state index contributed by atoms with van der Waals surface area (Å²) in [6, 6.07) is 0. The number of carbonyl (C=O) groups excluding carboxylic acids is 1. The average Bonchev–Trinajstić information content (AvgIpc) is 2.35. The second-order valence-corrected chi connectivity index (χ2v) is 7.50. The van der Waals surface area contributed by atoms with E-state index in [-0.39, 0.29) is 5.97 Å². The van der Waals surface area contributed by atoms with Gasteiger partial charge in [0.05, 0.1) is 7.11 Å². The van der Waals surface area contributed by atoms with Crippen LogP contribution in [-0.4, -0.2) is 28.7 Å². The highest BCUT2D eigenvalue weighted by atomic mass is 28.3. The quantitative estimate of drug-likeness (QED) is 0.309. The SMILES string of the molecule is COC(=O)CCCCCCCCCCO[SiH](C)C. The maximum absolute atomic E-state index is 10.9. The molecule has 0 aromatic heterocycles. The first-order chi connectivity index (χ1) is 8.66. The van der Waals surface area contributed by atoms with Gasteiger partial charge in [-0.25, -0.2) is 0 Å². The van der Waals surface area contributed by atoms with E-state index in [0.717, 1.165) is 19.4 Å². The lowest BCUT2D eigenvalue weighted by Crippen LogP contribution is -2.08. The summed E-state index contributed by atoms with van der Waals surface area (Å²) >= 11 is 0. The maximum Gasteiger partial charge on any atom is 0.305 e. The summed E-state index contributed by atoms with van der Waals surface area (Å²) in [4.78, 5) is 10.9. The third-order valence-electron chi connectivity index (χ3n) is 2.95. The zero-order valence-electron chi connectivity index (χ0n) is 12.4. The second-order valence-electron chi connectivity index (χ2n) is 5.07. The lowest BCUT2D eigenvalue weighted by Gasteiger charge is -2.06. The third kappa shape index (κ3) is 13.7. The van der Waals surface area contributed by atoms with Crippen molar-refractivity contribution < 1.29 is 14.0 Å². The van der Waals surface area contributed by atoms with E-state index in [0.29, 0.717) is 6.42 Å². The Hall–Kier alpha value is -0.353.